The van der Waals surface area contributed by atoms with Crippen LogP contribution in [0.3, 0.4) is 0 Å². The van der Waals surface area contributed by atoms with Gasteiger partial charge in [0, 0.05) is 42.7 Å². The maximum atomic E-state index is 12.7. The average molecular weight is 428 g/mol. The van der Waals surface area contributed by atoms with E-state index >= 15 is 0 Å². The third-order valence-corrected chi connectivity index (χ3v) is 5.10. The summed E-state index contributed by atoms with van der Waals surface area (Å²) in [6, 6.07) is 10.6. The van der Waals surface area contributed by atoms with Gasteiger partial charge in [0.15, 0.2) is 6.61 Å². The highest BCUT2D eigenvalue weighted by Crippen LogP contribution is 2.22. The molecule has 0 atom stereocenters. The number of carbonyl (C=O) groups excluding carboxylic acids is 2. The molecule has 1 aromatic carbocycles. The maximum Gasteiger partial charge on any atom is 0.309 e. The molecule has 2 aromatic rings. The van der Waals surface area contributed by atoms with Crippen LogP contribution in [0.25, 0.3) is 0 Å². The molecule has 1 aromatic heterocycles. The van der Waals surface area contributed by atoms with E-state index in [2.05, 4.69) is 9.97 Å². The van der Waals surface area contributed by atoms with E-state index in [4.69, 9.17) is 21.6 Å². The zero-order chi connectivity index (χ0) is 21.3. The van der Waals surface area contributed by atoms with Gasteiger partial charge in [0.1, 0.15) is 0 Å². The molecule has 156 valence electrons. The number of carbonyl (C=O) groups is 2. The Morgan fingerprint density at radius 1 is 1.23 bits per heavy atom. The number of piperidine rings is 1. The molecule has 1 amide bonds. The Hall–Kier alpha value is -3.18. The molecule has 1 aliphatic heterocycles. The Morgan fingerprint density at radius 2 is 1.97 bits per heavy atom. The van der Waals surface area contributed by atoms with E-state index in [-0.39, 0.29) is 31.5 Å². The van der Waals surface area contributed by atoms with Crippen molar-refractivity contribution in [3.8, 4) is 6.07 Å². The van der Waals surface area contributed by atoms with Gasteiger partial charge < -0.3 is 14.5 Å². The van der Waals surface area contributed by atoms with Gasteiger partial charge in [-0.2, -0.15) is 5.26 Å². The second-order valence-electron chi connectivity index (χ2n) is 6.85. The normalized spacial score (nSPS) is 14.1. The molecule has 0 unspecified atom stereocenters. The lowest BCUT2D eigenvalue weighted by atomic mass is 9.97. The van der Waals surface area contributed by atoms with Crippen LogP contribution in [0.5, 0.6) is 0 Å². The molecular formula is C21H22ClN5O3. The fourth-order valence-electron chi connectivity index (χ4n) is 3.30. The largest absolute Gasteiger partial charge is 0.455 e. The summed E-state index contributed by atoms with van der Waals surface area (Å²) in [6.45, 7) is 1.12. The van der Waals surface area contributed by atoms with Crippen molar-refractivity contribution in [3.05, 3.63) is 47.7 Å². The lowest BCUT2D eigenvalue weighted by Gasteiger charge is -2.30. The highest BCUT2D eigenvalue weighted by Gasteiger charge is 2.28. The van der Waals surface area contributed by atoms with Crippen LogP contribution in [0.2, 0.25) is 5.02 Å². The number of amides is 1. The number of nitriles is 1. The zero-order valence-corrected chi connectivity index (χ0v) is 17.2. The van der Waals surface area contributed by atoms with E-state index in [9.17, 15) is 9.59 Å². The molecule has 1 fully saturated rings. The second kappa shape index (κ2) is 10.6. The number of halogens is 1. The van der Waals surface area contributed by atoms with Crippen LogP contribution in [0.1, 0.15) is 19.3 Å². The molecule has 0 bridgehead atoms. The van der Waals surface area contributed by atoms with Gasteiger partial charge in [0.2, 0.25) is 5.95 Å². The van der Waals surface area contributed by atoms with Crippen molar-refractivity contribution in [1.82, 2.24) is 9.97 Å². The smallest absolute Gasteiger partial charge is 0.309 e. The Morgan fingerprint density at radius 3 is 2.63 bits per heavy atom. The first kappa shape index (κ1) is 21.5. The summed E-state index contributed by atoms with van der Waals surface area (Å²) in [6.07, 6.45) is 4.75. The van der Waals surface area contributed by atoms with Crippen LogP contribution < -0.4 is 9.80 Å². The molecule has 0 N–H and O–H groups in total. The molecule has 3 rings (SSSR count). The fourth-order valence-corrected chi connectivity index (χ4v) is 3.49. The van der Waals surface area contributed by atoms with Crippen molar-refractivity contribution in [3.63, 3.8) is 0 Å². The summed E-state index contributed by atoms with van der Waals surface area (Å²) < 4.78 is 5.30. The van der Waals surface area contributed by atoms with Crippen molar-refractivity contribution < 1.29 is 14.3 Å². The first-order valence-corrected chi connectivity index (χ1v) is 10.1. The van der Waals surface area contributed by atoms with Gasteiger partial charge in [-0.1, -0.05) is 17.7 Å². The zero-order valence-electron chi connectivity index (χ0n) is 16.4. The first-order valence-electron chi connectivity index (χ1n) is 9.70. The van der Waals surface area contributed by atoms with Crippen LogP contribution in [0.4, 0.5) is 11.6 Å². The van der Waals surface area contributed by atoms with E-state index in [0.29, 0.717) is 42.6 Å². The summed E-state index contributed by atoms with van der Waals surface area (Å²) in [5.74, 6) is -0.398. The third kappa shape index (κ3) is 5.67. The van der Waals surface area contributed by atoms with Gasteiger partial charge in [-0.15, -0.1) is 0 Å². The number of hydrogen-bond acceptors (Lipinski definition) is 7. The molecular weight excluding hydrogens is 406 g/mol. The number of esters is 1. The minimum Gasteiger partial charge on any atom is -0.455 e. The minimum absolute atomic E-state index is 0.159. The fraction of sp³-hybridized carbons (Fsp3) is 0.381. The molecule has 1 saturated heterocycles. The van der Waals surface area contributed by atoms with Gasteiger partial charge >= 0.3 is 5.97 Å². The summed E-state index contributed by atoms with van der Waals surface area (Å²) in [7, 11) is 0. The number of ether oxygens (including phenoxy) is 1. The van der Waals surface area contributed by atoms with Crippen molar-refractivity contribution in [2.75, 3.05) is 36.0 Å². The van der Waals surface area contributed by atoms with Gasteiger partial charge in [0.05, 0.1) is 18.4 Å². The lowest BCUT2D eigenvalue weighted by molar-refractivity contribution is -0.152. The van der Waals surface area contributed by atoms with Crippen LogP contribution >= 0.6 is 11.6 Å². The lowest BCUT2D eigenvalue weighted by Crippen LogP contribution is -2.39. The number of aromatic nitrogens is 2. The Balaban J connectivity index is 1.53. The number of benzene rings is 1. The van der Waals surface area contributed by atoms with Crippen molar-refractivity contribution in [2.45, 2.75) is 19.3 Å². The predicted octanol–water partition coefficient (Wildman–Crippen LogP) is 2.84. The van der Waals surface area contributed by atoms with Gasteiger partial charge in [0.25, 0.3) is 5.91 Å². The number of hydrogen-bond donors (Lipinski definition) is 0. The molecule has 0 radical (unpaired) electrons. The van der Waals surface area contributed by atoms with Crippen molar-refractivity contribution in [2.24, 2.45) is 5.92 Å². The van der Waals surface area contributed by atoms with Crippen molar-refractivity contribution >= 4 is 35.1 Å². The topological polar surface area (TPSA) is 99.4 Å². The van der Waals surface area contributed by atoms with Crippen LogP contribution in [-0.4, -0.2) is 48.1 Å². The Labute approximate surface area is 180 Å². The van der Waals surface area contributed by atoms with E-state index in [1.165, 1.54) is 4.90 Å². The number of anilines is 2. The standard InChI is InChI=1S/C21H22ClN5O3/c22-17-4-1-5-18(14-17)27(11-2-8-23)19(28)15-30-20(29)16-6-12-26(13-7-16)21-24-9-3-10-25-21/h1,3-5,9-10,14,16H,2,6-7,11-13,15H2. The first-order chi connectivity index (χ1) is 14.6. The second-order valence-corrected chi connectivity index (χ2v) is 7.29. The summed E-state index contributed by atoms with van der Waals surface area (Å²) in [5, 5.41) is 9.36. The number of nitrogens with zero attached hydrogens (tertiary/aromatic N) is 5. The van der Waals surface area contributed by atoms with Crippen LogP contribution in [0, 0.1) is 17.2 Å². The molecule has 2 heterocycles. The molecule has 9 heteroatoms. The van der Waals surface area contributed by atoms with Crippen LogP contribution in [0.15, 0.2) is 42.7 Å². The summed E-state index contributed by atoms with van der Waals surface area (Å²) in [4.78, 5) is 37.0. The predicted molar refractivity (Wildman–Crippen MR) is 112 cm³/mol. The summed E-state index contributed by atoms with van der Waals surface area (Å²) in [5.41, 5.74) is 0.565. The van der Waals surface area contributed by atoms with E-state index in [1.54, 1.807) is 42.7 Å². The van der Waals surface area contributed by atoms with Crippen LogP contribution in [-0.2, 0) is 14.3 Å². The Kier molecular flexibility index (Phi) is 7.57. The van der Waals surface area contributed by atoms with Gasteiger partial charge in [-0.3, -0.25) is 9.59 Å². The molecule has 0 spiro atoms. The summed E-state index contributed by atoms with van der Waals surface area (Å²) >= 11 is 6.01. The molecule has 0 saturated carbocycles. The van der Waals surface area contributed by atoms with E-state index in [1.807, 2.05) is 11.0 Å². The molecule has 30 heavy (non-hydrogen) atoms. The van der Waals surface area contributed by atoms with Gasteiger partial charge in [-0.25, -0.2) is 9.97 Å². The average Bonchev–Trinajstić information content (AvgIpc) is 2.78. The van der Waals surface area contributed by atoms with Crippen molar-refractivity contribution in [1.29, 1.82) is 5.26 Å². The molecule has 0 aliphatic carbocycles. The quantitative estimate of drug-likeness (QED) is 0.626. The van der Waals surface area contributed by atoms with E-state index < -0.39 is 5.91 Å². The maximum absolute atomic E-state index is 12.7. The number of rotatable bonds is 7. The SMILES string of the molecule is N#CCCN(C(=O)COC(=O)C1CCN(c2ncccn2)CC1)c1cccc(Cl)c1. The monoisotopic (exact) mass is 427 g/mol. The van der Waals surface area contributed by atoms with E-state index in [0.717, 1.165) is 0 Å². The molecule has 1 aliphatic rings. The highest BCUT2D eigenvalue weighted by molar-refractivity contribution is 6.30. The minimum atomic E-state index is -0.393. The molecule has 8 nitrogen and oxygen atoms in total. The highest BCUT2D eigenvalue weighted by atomic mass is 35.5. The third-order valence-electron chi connectivity index (χ3n) is 4.87. The Bertz CT molecular complexity index is 910. The van der Waals surface area contributed by atoms with Gasteiger partial charge in [-0.05, 0) is 37.1 Å².